The number of benzene rings is 2. The normalized spacial score (nSPS) is 12.5. The van der Waals surface area contributed by atoms with Crippen LogP contribution in [0.3, 0.4) is 0 Å². The predicted molar refractivity (Wildman–Crippen MR) is 117 cm³/mol. The second-order valence-electron chi connectivity index (χ2n) is 7.67. The van der Waals surface area contributed by atoms with Crippen molar-refractivity contribution in [2.45, 2.75) is 32.4 Å². The summed E-state index contributed by atoms with van der Waals surface area (Å²) in [5.41, 5.74) is 4.44. The molecule has 1 aromatic heterocycles. The molecule has 0 aliphatic carbocycles. The highest BCUT2D eigenvalue weighted by Gasteiger charge is 2.31. The van der Waals surface area contributed by atoms with Crippen molar-refractivity contribution in [3.8, 4) is 0 Å². The van der Waals surface area contributed by atoms with E-state index in [9.17, 15) is 4.39 Å². The van der Waals surface area contributed by atoms with E-state index < -0.39 is 11.6 Å². The molecule has 0 spiro atoms. The minimum Gasteiger partial charge on any atom is -0.343 e. The summed E-state index contributed by atoms with van der Waals surface area (Å²) < 4.78 is 14.4. The Labute approximate surface area is 167 Å². The number of hydrogen-bond donors (Lipinski definition) is 0. The molecule has 4 heteroatoms. The summed E-state index contributed by atoms with van der Waals surface area (Å²) in [5.74, 6) is 0. The Morgan fingerprint density at radius 3 is 2.14 bits per heavy atom. The molecular weight excluding hydrogens is 349 g/mol. The van der Waals surface area contributed by atoms with Crippen LogP contribution in [0.2, 0.25) is 0 Å². The Hall–Kier alpha value is -2.88. The molecule has 146 valence electrons. The maximum absolute atomic E-state index is 14.4. The van der Waals surface area contributed by atoms with Gasteiger partial charge in [0, 0.05) is 37.1 Å². The summed E-state index contributed by atoms with van der Waals surface area (Å²) in [6, 6.07) is 20.2. The van der Waals surface area contributed by atoms with E-state index >= 15 is 0 Å². The summed E-state index contributed by atoms with van der Waals surface area (Å²) >= 11 is 0. The third-order valence-corrected chi connectivity index (χ3v) is 5.60. The van der Waals surface area contributed by atoms with E-state index in [4.69, 9.17) is 0 Å². The van der Waals surface area contributed by atoms with Crippen molar-refractivity contribution in [2.24, 2.45) is 0 Å². The van der Waals surface area contributed by atoms with Crippen LogP contribution in [-0.4, -0.2) is 25.3 Å². The summed E-state index contributed by atoms with van der Waals surface area (Å²) in [6.45, 7) is 5.52. The van der Waals surface area contributed by atoms with Gasteiger partial charge >= 0.3 is 0 Å². The molecule has 0 radical (unpaired) electrons. The van der Waals surface area contributed by atoms with Gasteiger partial charge in [-0.25, -0.2) is 4.39 Å². The Morgan fingerprint density at radius 2 is 1.46 bits per heavy atom. The largest absolute Gasteiger partial charge is 0.343 e. The smallest absolute Gasteiger partial charge is 0.106 e. The van der Waals surface area contributed by atoms with Gasteiger partial charge in [-0.1, -0.05) is 50.2 Å². The molecule has 3 rings (SSSR count). The number of pyridine rings is 1. The van der Waals surface area contributed by atoms with Crippen LogP contribution in [0.4, 0.5) is 27.1 Å². The van der Waals surface area contributed by atoms with Crippen LogP contribution >= 0.6 is 0 Å². The Bertz CT molecular complexity index is 922. The molecule has 0 bridgehead atoms. The highest BCUT2D eigenvalue weighted by atomic mass is 19.1. The lowest BCUT2D eigenvalue weighted by atomic mass is 9.79. The number of nitrogens with zero attached hydrogens (tertiary/aromatic N) is 3. The van der Waals surface area contributed by atoms with E-state index in [1.54, 1.807) is 13.1 Å². The van der Waals surface area contributed by atoms with Gasteiger partial charge in [-0.3, -0.25) is 4.98 Å². The molecule has 0 aliphatic heterocycles. The molecule has 3 aromatic rings. The van der Waals surface area contributed by atoms with Gasteiger partial charge in [-0.2, -0.15) is 0 Å². The Kier molecular flexibility index (Phi) is 5.68. The van der Waals surface area contributed by atoms with Crippen LogP contribution in [0.25, 0.3) is 0 Å². The number of hydrogen-bond acceptors (Lipinski definition) is 3. The van der Waals surface area contributed by atoms with E-state index in [2.05, 4.69) is 26.9 Å². The van der Waals surface area contributed by atoms with Crippen molar-refractivity contribution in [3.05, 3.63) is 78.6 Å². The number of anilines is 4. The zero-order chi connectivity index (χ0) is 20.3. The van der Waals surface area contributed by atoms with Gasteiger partial charge in [-0.15, -0.1) is 0 Å². The third-order valence-electron chi connectivity index (χ3n) is 5.60. The first-order chi connectivity index (χ1) is 13.3. The molecule has 1 heterocycles. The van der Waals surface area contributed by atoms with Crippen LogP contribution in [0.1, 0.15) is 26.3 Å². The van der Waals surface area contributed by atoms with E-state index in [0.29, 0.717) is 0 Å². The highest BCUT2D eigenvalue weighted by molar-refractivity contribution is 5.81. The number of halogens is 1. The average molecular weight is 378 g/mol. The lowest BCUT2D eigenvalue weighted by Crippen LogP contribution is -2.30. The van der Waals surface area contributed by atoms with Crippen LogP contribution in [-0.2, 0) is 5.41 Å². The minimum atomic E-state index is -0.970. The number of para-hydroxylation sites is 2. The zero-order valence-corrected chi connectivity index (χ0v) is 17.2. The molecule has 0 saturated heterocycles. The van der Waals surface area contributed by atoms with Crippen molar-refractivity contribution in [3.63, 3.8) is 0 Å². The summed E-state index contributed by atoms with van der Waals surface area (Å²) in [4.78, 5) is 8.59. The van der Waals surface area contributed by atoms with E-state index in [0.717, 1.165) is 28.3 Å². The Balaban J connectivity index is 2.08. The fourth-order valence-electron chi connectivity index (χ4n) is 3.37. The van der Waals surface area contributed by atoms with Gasteiger partial charge in [-0.05, 0) is 36.8 Å². The summed E-state index contributed by atoms with van der Waals surface area (Å²) in [6.07, 6.45) is 2.69. The van der Waals surface area contributed by atoms with Gasteiger partial charge in [0.1, 0.15) is 6.17 Å². The molecule has 0 saturated carbocycles. The van der Waals surface area contributed by atoms with Crippen LogP contribution in [0.15, 0.2) is 73.1 Å². The summed E-state index contributed by atoms with van der Waals surface area (Å²) in [7, 11) is 4.05. The molecule has 2 aromatic carbocycles. The third kappa shape index (κ3) is 3.72. The van der Waals surface area contributed by atoms with Crippen molar-refractivity contribution >= 4 is 22.7 Å². The molecule has 0 aliphatic rings. The van der Waals surface area contributed by atoms with Gasteiger partial charge in [0.2, 0.25) is 0 Å². The maximum atomic E-state index is 14.4. The van der Waals surface area contributed by atoms with Crippen molar-refractivity contribution < 1.29 is 4.39 Å². The first-order valence-electron chi connectivity index (χ1n) is 9.54. The molecular formula is C24H28FN3. The van der Waals surface area contributed by atoms with Crippen molar-refractivity contribution in [2.75, 3.05) is 23.9 Å². The van der Waals surface area contributed by atoms with E-state index in [-0.39, 0.29) is 0 Å². The first-order valence-corrected chi connectivity index (χ1v) is 9.54. The van der Waals surface area contributed by atoms with Crippen molar-refractivity contribution in [1.82, 2.24) is 4.98 Å². The van der Waals surface area contributed by atoms with Crippen LogP contribution < -0.4 is 9.80 Å². The standard InChI is InChI=1S/C24H28FN3/c1-18(25)24(2,3)20-13-9-10-14-21(20)28(5)23-17-26-16-15-22(23)27(4)19-11-7-6-8-12-19/h6-18H,1-5H3/t18-/m1/s1. The van der Waals surface area contributed by atoms with Crippen molar-refractivity contribution in [1.29, 1.82) is 0 Å². The highest BCUT2D eigenvalue weighted by Crippen LogP contribution is 2.41. The molecule has 3 nitrogen and oxygen atoms in total. The lowest BCUT2D eigenvalue weighted by Gasteiger charge is -2.34. The number of alkyl halides is 1. The molecule has 0 unspecified atom stereocenters. The molecule has 0 N–H and O–H groups in total. The monoisotopic (exact) mass is 377 g/mol. The van der Waals surface area contributed by atoms with Crippen LogP contribution in [0.5, 0.6) is 0 Å². The molecule has 0 fully saturated rings. The second kappa shape index (κ2) is 8.01. The SMILES string of the molecule is C[C@@H](F)C(C)(C)c1ccccc1N(C)c1cnccc1N(C)c1ccccc1. The predicted octanol–water partition coefficient (Wildman–Crippen LogP) is 6.25. The Morgan fingerprint density at radius 1 is 0.821 bits per heavy atom. The topological polar surface area (TPSA) is 19.4 Å². The summed E-state index contributed by atoms with van der Waals surface area (Å²) in [5, 5.41) is 0. The van der Waals surface area contributed by atoms with Gasteiger partial charge in [0.25, 0.3) is 0 Å². The molecule has 0 amide bonds. The van der Waals surface area contributed by atoms with Gasteiger partial charge in [0.15, 0.2) is 0 Å². The lowest BCUT2D eigenvalue weighted by molar-refractivity contribution is 0.237. The number of rotatable bonds is 6. The van der Waals surface area contributed by atoms with E-state index in [1.165, 1.54) is 0 Å². The minimum absolute atomic E-state index is 0.599. The second-order valence-corrected chi connectivity index (χ2v) is 7.67. The number of aromatic nitrogens is 1. The average Bonchev–Trinajstić information content (AvgIpc) is 2.73. The molecule has 28 heavy (non-hydrogen) atoms. The fourth-order valence-corrected chi connectivity index (χ4v) is 3.37. The van der Waals surface area contributed by atoms with E-state index in [1.807, 2.05) is 82.7 Å². The van der Waals surface area contributed by atoms with Gasteiger partial charge in [0.05, 0.1) is 17.6 Å². The fraction of sp³-hybridized carbons (Fsp3) is 0.292. The quantitative estimate of drug-likeness (QED) is 0.506. The zero-order valence-electron chi connectivity index (χ0n) is 17.2. The molecule has 1 atom stereocenters. The van der Waals surface area contributed by atoms with Gasteiger partial charge < -0.3 is 9.80 Å². The first kappa shape index (κ1) is 19.9. The maximum Gasteiger partial charge on any atom is 0.106 e. The van der Waals surface area contributed by atoms with Crippen LogP contribution in [0, 0.1) is 0 Å².